The van der Waals surface area contributed by atoms with Crippen LogP contribution in [0.2, 0.25) is 0 Å². The van der Waals surface area contributed by atoms with Gasteiger partial charge in [0.1, 0.15) is 5.52 Å². The Bertz CT molecular complexity index is 611. The second-order valence-corrected chi connectivity index (χ2v) is 5.47. The molecule has 0 amide bonds. The minimum atomic E-state index is -0.0576. The van der Waals surface area contributed by atoms with Crippen LogP contribution in [-0.4, -0.2) is 20.3 Å². The summed E-state index contributed by atoms with van der Waals surface area (Å²) in [5.74, 6) is 0. The minimum absolute atomic E-state index is 0.0565. The molecule has 0 saturated heterocycles. The Kier molecular flexibility index (Phi) is 4.34. The Labute approximate surface area is 121 Å². The molecule has 1 aromatic heterocycles. The maximum atomic E-state index is 12.4. The third-order valence-electron chi connectivity index (χ3n) is 3.90. The molecule has 1 aromatic carbocycles. The summed E-state index contributed by atoms with van der Waals surface area (Å²) in [4.78, 5) is 12.4. The predicted molar refractivity (Wildman–Crippen MR) is 80.6 cm³/mol. The lowest BCUT2D eigenvalue weighted by molar-refractivity contribution is 0.239. The molecule has 5 heteroatoms. The number of hydrogen-bond acceptors (Lipinski definition) is 3. The number of hydrogen-bond donors (Lipinski definition) is 0. The molecular weight excluding hydrogens is 306 g/mol. The SMILES string of the molecule is CCC(CC)(CBr)Cn1nnc2ccccc2c1=O. The normalized spacial score (nSPS) is 11.9. The van der Waals surface area contributed by atoms with Gasteiger partial charge in [-0.25, -0.2) is 4.68 Å². The van der Waals surface area contributed by atoms with E-state index < -0.39 is 0 Å². The summed E-state index contributed by atoms with van der Waals surface area (Å²) in [7, 11) is 0. The van der Waals surface area contributed by atoms with Crippen LogP contribution in [0.5, 0.6) is 0 Å². The van der Waals surface area contributed by atoms with Gasteiger partial charge in [0.2, 0.25) is 0 Å². The molecule has 0 bridgehead atoms. The van der Waals surface area contributed by atoms with E-state index in [1.165, 1.54) is 4.68 Å². The topological polar surface area (TPSA) is 47.8 Å². The monoisotopic (exact) mass is 323 g/mol. The second kappa shape index (κ2) is 5.82. The minimum Gasteiger partial charge on any atom is -0.267 e. The van der Waals surface area contributed by atoms with Crippen molar-refractivity contribution in [3.05, 3.63) is 34.6 Å². The largest absolute Gasteiger partial charge is 0.277 e. The van der Waals surface area contributed by atoms with Gasteiger partial charge in [0.15, 0.2) is 0 Å². The lowest BCUT2D eigenvalue weighted by Crippen LogP contribution is -2.35. The lowest BCUT2D eigenvalue weighted by Gasteiger charge is -2.29. The van der Waals surface area contributed by atoms with Gasteiger partial charge >= 0.3 is 0 Å². The predicted octanol–water partition coefficient (Wildman–Crippen LogP) is 2.99. The first-order chi connectivity index (χ1) is 9.15. The molecular formula is C14H18BrN3O. The van der Waals surface area contributed by atoms with E-state index in [-0.39, 0.29) is 11.0 Å². The zero-order chi connectivity index (χ0) is 13.9. The van der Waals surface area contributed by atoms with Crippen LogP contribution in [0.3, 0.4) is 0 Å². The number of nitrogens with zero attached hydrogens (tertiary/aromatic N) is 3. The maximum absolute atomic E-state index is 12.4. The third kappa shape index (κ3) is 2.71. The summed E-state index contributed by atoms with van der Waals surface area (Å²) in [6.07, 6.45) is 1.99. The average Bonchev–Trinajstić information content (AvgIpc) is 2.48. The number of alkyl halides is 1. The smallest absolute Gasteiger partial charge is 0.267 e. The molecule has 2 aromatic rings. The molecule has 19 heavy (non-hydrogen) atoms. The number of rotatable bonds is 5. The molecule has 0 aliphatic carbocycles. The summed E-state index contributed by atoms with van der Waals surface area (Å²) in [5, 5.41) is 9.68. The van der Waals surface area contributed by atoms with Crippen molar-refractivity contribution >= 4 is 26.8 Å². The highest BCUT2D eigenvalue weighted by Gasteiger charge is 2.26. The van der Waals surface area contributed by atoms with E-state index in [9.17, 15) is 4.79 Å². The zero-order valence-corrected chi connectivity index (χ0v) is 12.9. The summed E-state index contributed by atoms with van der Waals surface area (Å²) in [5.41, 5.74) is 0.653. The number of fused-ring (bicyclic) bond motifs is 1. The van der Waals surface area contributed by atoms with Gasteiger partial charge in [0.25, 0.3) is 5.56 Å². The molecule has 102 valence electrons. The Morgan fingerprint density at radius 3 is 2.58 bits per heavy atom. The van der Waals surface area contributed by atoms with Crippen molar-refractivity contribution in [3.63, 3.8) is 0 Å². The van der Waals surface area contributed by atoms with Crippen molar-refractivity contribution < 1.29 is 0 Å². The molecule has 0 unspecified atom stereocenters. The quantitative estimate of drug-likeness (QED) is 0.795. The van der Waals surface area contributed by atoms with Crippen LogP contribution in [0.1, 0.15) is 26.7 Å². The standard InChI is InChI=1S/C14H18BrN3O/c1-3-14(4-2,9-15)10-18-13(19)11-7-5-6-8-12(11)16-17-18/h5-8H,3-4,9-10H2,1-2H3. The zero-order valence-electron chi connectivity index (χ0n) is 11.3. The van der Waals surface area contributed by atoms with Crippen LogP contribution in [0, 0.1) is 5.41 Å². The molecule has 0 saturated carbocycles. The molecule has 0 aliphatic rings. The van der Waals surface area contributed by atoms with Crippen molar-refractivity contribution in [3.8, 4) is 0 Å². The second-order valence-electron chi connectivity index (χ2n) is 4.91. The number of aromatic nitrogens is 3. The van der Waals surface area contributed by atoms with Crippen LogP contribution in [0.25, 0.3) is 10.9 Å². The van der Waals surface area contributed by atoms with E-state index in [0.29, 0.717) is 17.4 Å². The van der Waals surface area contributed by atoms with Gasteiger partial charge in [-0.2, -0.15) is 0 Å². The fraction of sp³-hybridized carbons (Fsp3) is 0.500. The van der Waals surface area contributed by atoms with Crippen LogP contribution < -0.4 is 5.56 Å². The Morgan fingerprint density at radius 1 is 1.26 bits per heavy atom. The summed E-state index contributed by atoms with van der Waals surface area (Å²) >= 11 is 3.56. The molecule has 0 spiro atoms. The fourth-order valence-electron chi connectivity index (χ4n) is 2.15. The fourth-order valence-corrected chi connectivity index (χ4v) is 3.12. The van der Waals surface area contributed by atoms with Gasteiger partial charge in [-0.05, 0) is 30.4 Å². The first-order valence-corrected chi connectivity index (χ1v) is 7.66. The molecule has 4 nitrogen and oxygen atoms in total. The van der Waals surface area contributed by atoms with Gasteiger partial charge in [-0.3, -0.25) is 4.79 Å². The van der Waals surface area contributed by atoms with Crippen molar-refractivity contribution in [2.45, 2.75) is 33.2 Å². The maximum Gasteiger partial charge on any atom is 0.277 e. The van der Waals surface area contributed by atoms with E-state index in [0.717, 1.165) is 18.2 Å². The molecule has 2 rings (SSSR count). The molecule has 0 atom stereocenters. The Hall–Kier alpha value is -1.23. The van der Waals surface area contributed by atoms with Crippen molar-refractivity contribution in [2.24, 2.45) is 5.41 Å². The highest BCUT2D eigenvalue weighted by atomic mass is 79.9. The number of benzene rings is 1. The Balaban J connectivity index is 2.46. The lowest BCUT2D eigenvalue weighted by atomic mass is 9.85. The summed E-state index contributed by atoms with van der Waals surface area (Å²) in [6, 6.07) is 7.33. The van der Waals surface area contributed by atoms with E-state index in [1.54, 1.807) is 6.07 Å². The molecule has 0 N–H and O–H groups in total. The highest BCUT2D eigenvalue weighted by Crippen LogP contribution is 2.30. The van der Waals surface area contributed by atoms with Gasteiger partial charge < -0.3 is 0 Å². The number of halogens is 1. The van der Waals surface area contributed by atoms with Crippen molar-refractivity contribution in [2.75, 3.05) is 5.33 Å². The van der Waals surface area contributed by atoms with Gasteiger partial charge in [0, 0.05) is 5.33 Å². The summed E-state index contributed by atoms with van der Waals surface area (Å²) < 4.78 is 1.50. The van der Waals surface area contributed by atoms with Crippen LogP contribution in [0.15, 0.2) is 29.1 Å². The van der Waals surface area contributed by atoms with Gasteiger partial charge in [0.05, 0.1) is 11.9 Å². The van der Waals surface area contributed by atoms with E-state index in [1.807, 2.05) is 18.2 Å². The van der Waals surface area contributed by atoms with Crippen LogP contribution >= 0.6 is 15.9 Å². The molecule has 0 radical (unpaired) electrons. The van der Waals surface area contributed by atoms with Gasteiger partial charge in [-0.15, -0.1) is 5.10 Å². The van der Waals surface area contributed by atoms with Gasteiger partial charge in [-0.1, -0.05) is 47.1 Å². The molecule has 1 heterocycles. The molecule has 0 aliphatic heterocycles. The average molecular weight is 324 g/mol. The first-order valence-electron chi connectivity index (χ1n) is 6.54. The highest BCUT2D eigenvalue weighted by molar-refractivity contribution is 9.09. The summed E-state index contributed by atoms with van der Waals surface area (Å²) in [6.45, 7) is 4.89. The van der Waals surface area contributed by atoms with Crippen LogP contribution in [0.4, 0.5) is 0 Å². The molecule has 0 fully saturated rings. The van der Waals surface area contributed by atoms with Crippen molar-refractivity contribution in [1.29, 1.82) is 0 Å². The van der Waals surface area contributed by atoms with E-state index in [4.69, 9.17) is 0 Å². The third-order valence-corrected chi connectivity index (χ3v) is 5.09. The van der Waals surface area contributed by atoms with Crippen molar-refractivity contribution in [1.82, 2.24) is 15.0 Å². The van der Waals surface area contributed by atoms with E-state index >= 15 is 0 Å². The Morgan fingerprint density at radius 2 is 1.95 bits per heavy atom. The van der Waals surface area contributed by atoms with E-state index in [2.05, 4.69) is 40.1 Å². The first kappa shape index (κ1) is 14.2. The van der Waals surface area contributed by atoms with Crippen LogP contribution in [-0.2, 0) is 6.54 Å².